The van der Waals surface area contributed by atoms with E-state index in [1.54, 1.807) is 0 Å². The first-order chi connectivity index (χ1) is 26.5. The standard InChI is InChI=1S/C41H60O14/c1-5-46-37-33(45)29(14-22(43)18-42)50-30-16-28-21(4)19(2)12-23(48-28)6-8-26-20(3)13-25(47-26)10-11-41-17-31-36(54-41)38-39(52-31)40(55-41)34-27(51-38)9-7-24(49-34)15-32(44)53-35(30)37/h19,22-31,33-40,42-43,45H,3-18H2,1-2H3/t19-,22?,23+,24-,25+,26+,27+,28-,29+,30+,31-,33+,34+,35+,36+,37+,38?,39-,40+,41+/m1/s1. The second-order valence-electron chi connectivity index (χ2n) is 17.6. The summed E-state index contributed by atoms with van der Waals surface area (Å²) >= 11 is 0. The molecule has 0 aromatic rings. The number of carbonyl (C=O) groups is 1. The van der Waals surface area contributed by atoms with E-state index in [1.807, 2.05) is 6.92 Å². The van der Waals surface area contributed by atoms with Gasteiger partial charge in [-0.1, -0.05) is 20.1 Å². The van der Waals surface area contributed by atoms with Crippen LogP contribution in [0.1, 0.15) is 90.9 Å². The molecule has 0 aromatic carbocycles. The van der Waals surface area contributed by atoms with Crippen LogP contribution >= 0.6 is 0 Å². The van der Waals surface area contributed by atoms with E-state index in [0.717, 1.165) is 43.3 Å². The highest BCUT2D eigenvalue weighted by atomic mass is 16.8. The minimum Gasteiger partial charge on any atom is -0.457 e. The van der Waals surface area contributed by atoms with Gasteiger partial charge in [0.15, 0.2) is 11.9 Å². The molecule has 20 atom stereocenters. The average molecular weight is 777 g/mol. The summed E-state index contributed by atoms with van der Waals surface area (Å²) < 4.78 is 65.9. The summed E-state index contributed by atoms with van der Waals surface area (Å²) in [6.07, 6.45) is -2.26. The Labute approximate surface area is 323 Å². The molecule has 308 valence electrons. The van der Waals surface area contributed by atoms with Crippen molar-refractivity contribution in [2.45, 2.75) is 207 Å². The zero-order valence-corrected chi connectivity index (χ0v) is 32.1. The van der Waals surface area contributed by atoms with Gasteiger partial charge in [0.25, 0.3) is 0 Å². The fourth-order valence-electron chi connectivity index (χ4n) is 11.1. The quantitative estimate of drug-likeness (QED) is 0.275. The Morgan fingerprint density at radius 2 is 1.55 bits per heavy atom. The Bertz CT molecular complexity index is 1440. The van der Waals surface area contributed by atoms with Gasteiger partial charge in [0, 0.05) is 32.3 Å². The Morgan fingerprint density at radius 3 is 2.36 bits per heavy atom. The lowest BCUT2D eigenvalue weighted by molar-refractivity contribution is -0.293. The van der Waals surface area contributed by atoms with Crippen LogP contribution in [-0.2, 0) is 52.2 Å². The van der Waals surface area contributed by atoms with Crippen LogP contribution in [0.25, 0.3) is 0 Å². The lowest BCUT2D eigenvalue weighted by Gasteiger charge is -2.48. The zero-order chi connectivity index (χ0) is 38.2. The molecule has 10 rings (SSSR count). The minimum atomic E-state index is -1.23. The van der Waals surface area contributed by atoms with Gasteiger partial charge in [0.2, 0.25) is 0 Å². The SMILES string of the molecule is C=C1C[C@@H]2CC[C@@]34C[C@H]5O[C@@H]6C(O[C@H]7CC[C@H](CC(=O)O[C@@H]8[C@@H](OCC)[C@@H](O)[C@H](CC(O)CO)O[C@H]8C[C@H]8O[C@@H](CC[C@@H]1O2)C[C@@H](C)C8=C)O[C@@H]7[C@@H]6O3)[C@H]5O4. The Hall–Kier alpha value is -1.53. The van der Waals surface area contributed by atoms with E-state index in [0.29, 0.717) is 32.1 Å². The van der Waals surface area contributed by atoms with Crippen molar-refractivity contribution in [1.82, 2.24) is 0 Å². The van der Waals surface area contributed by atoms with Crippen LogP contribution in [0.5, 0.6) is 0 Å². The summed E-state index contributed by atoms with van der Waals surface area (Å²) in [6, 6.07) is 0. The maximum atomic E-state index is 14.0. The van der Waals surface area contributed by atoms with Crippen molar-refractivity contribution in [1.29, 1.82) is 0 Å². The maximum absolute atomic E-state index is 14.0. The molecule has 1 spiro atoms. The molecule has 10 aliphatic heterocycles. The van der Waals surface area contributed by atoms with Crippen LogP contribution in [-0.4, -0.2) is 150 Å². The van der Waals surface area contributed by atoms with Gasteiger partial charge >= 0.3 is 5.97 Å². The number of hydrogen-bond donors (Lipinski definition) is 3. The van der Waals surface area contributed by atoms with Crippen molar-refractivity contribution >= 4 is 5.97 Å². The number of fused-ring (bicyclic) bond motifs is 6. The highest BCUT2D eigenvalue weighted by molar-refractivity contribution is 5.70. The summed E-state index contributed by atoms with van der Waals surface area (Å²) in [6.45, 7) is 12.5. The summed E-state index contributed by atoms with van der Waals surface area (Å²) in [7, 11) is 0. The number of aliphatic hydroxyl groups excluding tert-OH is 3. The van der Waals surface area contributed by atoms with Crippen molar-refractivity contribution in [2.24, 2.45) is 5.92 Å². The molecule has 14 nitrogen and oxygen atoms in total. The van der Waals surface area contributed by atoms with E-state index in [2.05, 4.69) is 20.1 Å². The van der Waals surface area contributed by atoms with Crippen LogP contribution in [0.2, 0.25) is 0 Å². The number of esters is 1. The highest BCUT2D eigenvalue weighted by Gasteiger charge is 2.68. The van der Waals surface area contributed by atoms with Crippen molar-refractivity contribution < 1.29 is 67.5 Å². The average Bonchev–Trinajstić information content (AvgIpc) is 3.74. The molecule has 3 N–H and O–H groups in total. The minimum absolute atomic E-state index is 0.00453. The third-order valence-electron chi connectivity index (χ3n) is 13.9. The Morgan fingerprint density at radius 1 is 0.800 bits per heavy atom. The molecular weight excluding hydrogens is 716 g/mol. The molecule has 55 heavy (non-hydrogen) atoms. The third kappa shape index (κ3) is 7.39. The molecule has 10 saturated heterocycles. The normalized spacial score (nSPS) is 51.6. The second-order valence-corrected chi connectivity index (χ2v) is 17.6. The fraction of sp³-hybridized carbons (Fsp3) is 0.878. The number of aliphatic hydroxyl groups is 3. The second kappa shape index (κ2) is 15.6. The fourth-order valence-corrected chi connectivity index (χ4v) is 11.1. The van der Waals surface area contributed by atoms with Crippen molar-refractivity contribution in [2.75, 3.05) is 13.2 Å². The van der Waals surface area contributed by atoms with Gasteiger partial charge < -0.3 is 62.7 Å². The maximum Gasteiger partial charge on any atom is 0.308 e. The first kappa shape index (κ1) is 39.0. The van der Waals surface area contributed by atoms with Gasteiger partial charge in [-0.25, -0.2) is 0 Å². The van der Waals surface area contributed by atoms with Gasteiger partial charge in [0.05, 0.1) is 68.0 Å². The number of carbonyl (C=O) groups excluding carboxylic acids is 1. The summed E-state index contributed by atoms with van der Waals surface area (Å²) in [5.74, 6) is -1.17. The summed E-state index contributed by atoms with van der Waals surface area (Å²) in [4.78, 5) is 14.0. The first-order valence-corrected chi connectivity index (χ1v) is 20.9. The summed E-state index contributed by atoms with van der Waals surface area (Å²) in [5, 5.41) is 31.6. The van der Waals surface area contributed by atoms with Crippen molar-refractivity contribution in [3.05, 3.63) is 24.3 Å². The topological polar surface area (TPSA) is 170 Å². The van der Waals surface area contributed by atoms with Crippen LogP contribution < -0.4 is 0 Å². The molecule has 0 aliphatic carbocycles. The van der Waals surface area contributed by atoms with Gasteiger partial charge in [-0.15, -0.1) is 0 Å². The molecule has 0 radical (unpaired) electrons. The van der Waals surface area contributed by atoms with E-state index < -0.39 is 79.4 Å². The molecule has 10 heterocycles. The van der Waals surface area contributed by atoms with Crippen LogP contribution in [0.4, 0.5) is 0 Å². The largest absolute Gasteiger partial charge is 0.457 e. The monoisotopic (exact) mass is 776 g/mol. The number of hydrogen-bond acceptors (Lipinski definition) is 14. The molecule has 10 fully saturated rings. The molecular formula is C41H60O14. The van der Waals surface area contributed by atoms with Gasteiger partial charge in [-0.2, -0.15) is 0 Å². The zero-order valence-electron chi connectivity index (χ0n) is 32.1. The third-order valence-corrected chi connectivity index (χ3v) is 13.9. The molecule has 2 unspecified atom stereocenters. The van der Waals surface area contributed by atoms with Crippen molar-refractivity contribution in [3.8, 4) is 0 Å². The Kier molecular flexibility index (Phi) is 11.0. The summed E-state index contributed by atoms with van der Waals surface area (Å²) in [5.41, 5.74) is 2.02. The van der Waals surface area contributed by atoms with E-state index in [1.165, 1.54) is 0 Å². The first-order valence-electron chi connectivity index (χ1n) is 20.9. The smallest absolute Gasteiger partial charge is 0.308 e. The molecule has 14 heteroatoms. The van der Waals surface area contributed by atoms with E-state index in [-0.39, 0.29) is 74.2 Å². The van der Waals surface area contributed by atoms with E-state index >= 15 is 0 Å². The molecule has 0 saturated carbocycles. The van der Waals surface area contributed by atoms with Crippen LogP contribution in [0, 0.1) is 5.92 Å². The molecule has 12 bridgehead atoms. The lowest BCUT2D eigenvalue weighted by Crippen LogP contribution is -2.62. The van der Waals surface area contributed by atoms with E-state index in [4.69, 9.17) is 47.4 Å². The highest BCUT2D eigenvalue weighted by Crippen LogP contribution is 2.54. The molecule has 0 amide bonds. The van der Waals surface area contributed by atoms with Gasteiger partial charge in [-0.05, 0) is 68.9 Å². The van der Waals surface area contributed by atoms with Crippen LogP contribution in [0.3, 0.4) is 0 Å². The van der Waals surface area contributed by atoms with Crippen LogP contribution in [0.15, 0.2) is 24.3 Å². The molecule has 10 aliphatic rings. The van der Waals surface area contributed by atoms with Crippen molar-refractivity contribution in [3.63, 3.8) is 0 Å². The van der Waals surface area contributed by atoms with Gasteiger partial charge in [0.1, 0.15) is 48.8 Å². The van der Waals surface area contributed by atoms with Gasteiger partial charge in [-0.3, -0.25) is 4.79 Å². The van der Waals surface area contributed by atoms with E-state index in [9.17, 15) is 20.1 Å². The predicted molar refractivity (Wildman–Crippen MR) is 192 cm³/mol. The number of ether oxygens (including phenoxy) is 10. The predicted octanol–water partition coefficient (Wildman–Crippen LogP) is 2.56. The number of rotatable bonds is 5. The molecule has 0 aromatic heterocycles. The Balaban J connectivity index is 1.01. The lowest BCUT2D eigenvalue weighted by atomic mass is 9.82.